The van der Waals surface area contributed by atoms with Gasteiger partial charge in [0.05, 0.1) is 6.17 Å². The molecule has 0 aromatic heterocycles. The first-order valence-electron chi connectivity index (χ1n) is 3.68. The first kappa shape index (κ1) is 10.2. The average Bonchev–Trinajstić information content (AvgIpc) is 2.04. The van der Waals surface area contributed by atoms with Crippen LogP contribution in [0.15, 0.2) is 23.9 Å². The Morgan fingerprint density at radius 2 is 2.27 bits per heavy atom. The molecule has 0 aliphatic rings. The van der Waals surface area contributed by atoms with Crippen molar-refractivity contribution >= 4 is 0 Å². The Hall–Kier alpha value is -0.800. The molecule has 5 N–H and O–H groups in total. The van der Waals surface area contributed by atoms with E-state index in [0.29, 0.717) is 0 Å². The van der Waals surface area contributed by atoms with Crippen molar-refractivity contribution in [2.45, 2.75) is 19.5 Å². The van der Waals surface area contributed by atoms with Gasteiger partial charge in [-0.15, -0.1) is 0 Å². The van der Waals surface area contributed by atoms with E-state index in [1.807, 2.05) is 26.1 Å². The van der Waals surface area contributed by atoms with Crippen molar-refractivity contribution in [2.24, 2.45) is 11.5 Å². The van der Waals surface area contributed by atoms with E-state index < -0.39 is 0 Å². The third-order valence-corrected chi connectivity index (χ3v) is 1.40. The second kappa shape index (κ2) is 5.95. The molecule has 0 saturated carbocycles. The smallest absolute Gasteiger partial charge is 0.0579 e. The van der Waals surface area contributed by atoms with Gasteiger partial charge in [0.15, 0.2) is 0 Å². The fourth-order valence-electron chi connectivity index (χ4n) is 0.574. The van der Waals surface area contributed by atoms with Gasteiger partial charge in [-0.2, -0.15) is 0 Å². The summed E-state index contributed by atoms with van der Waals surface area (Å²) in [5.74, 6) is 0. The van der Waals surface area contributed by atoms with Gasteiger partial charge >= 0.3 is 0 Å². The van der Waals surface area contributed by atoms with Gasteiger partial charge in [-0.25, -0.2) is 0 Å². The minimum absolute atomic E-state index is 0.0387. The molecule has 0 aromatic rings. The van der Waals surface area contributed by atoms with E-state index in [0.717, 1.165) is 12.0 Å². The molecule has 0 spiro atoms. The Morgan fingerprint density at radius 1 is 1.64 bits per heavy atom. The Labute approximate surface area is 68.1 Å². The van der Waals surface area contributed by atoms with Crippen molar-refractivity contribution in [1.82, 2.24) is 5.32 Å². The summed E-state index contributed by atoms with van der Waals surface area (Å²) < 4.78 is 0. The summed E-state index contributed by atoms with van der Waals surface area (Å²) in [6, 6.07) is 0. The molecule has 64 valence electrons. The number of nitrogens with one attached hydrogen (secondary N) is 1. The zero-order valence-corrected chi connectivity index (χ0v) is 7.17. The lowest BCUT2D eigenvalue weighted by Gasteiger charge is -2.04. The molecule has 0 aromatic carbocycles. The fourth-order valence-corrected chi connectivity index (χ4v) is 0.574. The van der Waals surface area contributed by atoms with Crippen LogP contribution in [0.1, 0.15) is 13.3 Å². The molecule has 1 atom stereocenters. The monoisotopic (exact) mass is 155 g/mol. The number of rotatable bonds is 4. The van der Waals surface area contributed by atoms with Crippen LogP contribution in [0.3, 0.4) is 0 Å². The predicted molar refractivity (Wildman–Crippen MR) is 48.7 cm³/mol. The van der Waals surface area contributed by atoms with E-state index in [-0.39, 0.29) is 6.17 Å². The van der Waals surface area contributed by atoms with Gasteiger partial charge in [-0.3, -0.25) is 0 Å². The number of nitrogens with two attached hydrogens (primary N) is 2. The number of hydrogen-bond acceptors (Lipinski definition) is 3. The second-order valence-electron chi connectivity index (χ2n) is 2.44. The highest BCUT2D eigenvalue weighted by atomic mass is 15.0. The molecule has 11 heavy (non-hydrogen) atoms. The van der Waals surface area contributed by atoms with Crippen LogP contribution in [0.5, 0.6) is 0 Å². The lowest BCUT2D eigenvalue weighted by Crippen LogP contribution is -2.33. The lowest BCUT2D eigenvalue weighted by atomic mass is 10.2. The van der Waals surface area contributed by atoms with Crippen LogP contribution in [0, 0.1) is 0 Å². The molecule has 0 radical (unpaired) electrons. The van der Waals surface area contributed by atoms with Crippen LogP contribution in [-0.2, 0) is 0 Å². The standard InChI is InChI=1S/C8H17N3/c1-7(6-9)4-3-5-8(10)11-2/h3-4,6,8,11H,5,9-10H2,1-2H3/b4-3-,7-6-. The molecule has 0 aliphatic carbocycles. The molecular weight excluding hydrogens is 138 g/mol. The van der Waals surface area contributed by atoms with Crippen molar-refractivity contribution < 1.29 is 0 Å². The maximum Gasteiger partial charge on any atom is 0.0579 e. The van der Waals surface area contributed by atoms with Gasteiger partial charge in [0.25, 0.3) is 0 Å². The highest BCUT2D eigenvalue weighted by Crippen LogP contribution is 1.93. The highest BCUT2D eigenvalue weighted by Gasteiger charge is 1.91. The zero-order chi connectivity index (χ0) is 8.69. The van der Waals surface area contributed by atoms with Gasteiger partial charge in [0, 0.05) is 0 Å². The fraction of sp³-hybridized carbons (Fsp3) is 0.500. The molecule has 0 rings (SSSR count). The van der Waals surface area contributed by atoms with E-state index in [4.69, 9.17) is 11.5 Å². The first-order valence-corrected chi connectivity index (χ1v) is 3.68. The van der Waals surface area contributed by atoms with Crippen molar-refractivity contribution in [2.75, 3.05) is 7.05 Å². The SMILES string of the molecule is CNC(N)C/C=C\C(C)=C/N. The Kier molecular flexibility index (Phi) is 5.51. The third-order valence-electron chi connectivity index (χ3n) is 1.40. The molecule has 0 fully saturated rings. The van der Waals surface area contributed by atoms with Gasteiger partial charge in [0.1, 0.15) is 0 Å². The summed E-state index contributed by atoms with van der Waals surface area (Å²) >= 11 is 0. The van der Waals surface area contributed by atoms with E-state index in [2.05, 4.69) is 5.32 Å². The van der Waals surface area contributed by atoms with Gasteiger partial charge < -0.3 is 16.8 Å². The van der Waals surface area contributed by atoms with Crippen molar-refractivity contribution in [3.63, 3.8) is 0 Å². The molecule has 0 heterocycles. The van der Waals surface area contributed by atoms with Crippen molar-refractivity contribution in [1.29, 1.82) is 0 Å². The molecule has 3 nitrogen and oxygen atoms in total. The molecule has 0 saturated heterocycles. The van der Waals surface area contributed by atoms with Crippen LogP contribution < -0.4 is 16.8 Å². The zero-order valence-electron chi connectivity index (χ0n) is 7.17. The van der Waals surface area contributed by atoms with E-state index in [9.17, 15) is 0 Å². The highest BCUT2D eigenvalue weighted by molar-refractivity contribution is 5.14. The van der Waals surface area contributed by atoms with Gasteiger partial charge in [-0.05, 0) is 32.2 Å². The van der Waals surface area contributed by atoms with Crippen molar-refractivity contribution in [3.8, 4) is 0 Å². The minimum atomic E-state index is 0.0387. The van der Waals surface area contributed by atoms with Crippen LogP contribution >= 0.6 is 0 Å². The topological polar surface area (TPSA) is 64.1 Å². The minimum Gasteiger partial charge on any atom is -0.404 e. The second-order valence-corrected chi connectivity index (χ2v) is 2.44. The molecular formula is C8H17N3. The number of allylic oxidation sites excluding steroid dienone is 2. The Morgan fingerprint density at radius 3 is 2.73 bits per heavy atom. The molecule has 3 heteroatoms. The predicted octanol–water partition coefficient (Wildman–Crippen LogP) is 0.299. The van der Waals surface area contributed by atoms with Gasteiger partial charge in [0.2, 0.25) is 0 Å². The molecule has 0 amide bonds. The summed E-state index contributed by atoms with van der Waals surface area (Å²) in [5, 5.41) is 2.93. The van der Waals surface area contributed by atoms with Crippen LogP contribution in [0.2, 0.25) is 0 Å². The van der Waals surface area contributed by atoms with E-state index in [1.165, 1.54) is 0 Å². The molecule has 1 unspecified atom stereocenters. The van der Waals surface area contributed by atoms with Crippen LogP contribution in [0.25, 0.3) is 0 Å². The van der Waals surface area contributed by atoms with E-state index >= 15 is 0 Å². The molecule has 0 aliphatic heterocycles. The first-order chi connectivity index (χ1) is 5.20. The summed E-state index contributed by atoms with van der Waals surface area (Å²) in [6.45, 7) is 1.95. The van der Waals surface area contributed by atoms with Gasteiger partial charge in [-0.1, -0.05) is 12.2 Å². The maximum atomic E-state index is 5.59. The Bertz CT molecular complexity index is 149. The summed E-state index contributed by atoms with van der Waals surface area (Å²) in [7, 11) is 1.84. The third kappa shape index (κ3) is 5.63. The average molecular weight is 155 g/mol. The van der Waals surface area contributed by atoms with Crippen molar-refractivity contribution in [3.05, 3.63) is 23.9 Å². The molecule has 0 bridgehead atoms. The van der Waals surface area contributed by atoms with Crippen LogP contribution in [-0.4, -0.2) is 13.2 Å². The number of hydrogen-bond donors (Lipinski definition) is 3. The lowest BCUT2D eigenvalue weighted by molar-refractivity contribution is 0.592. The van der Waals surface area contributed by atoms with E-state index in [1.54, 1.807) is 6.20 Å². The summed E-state index contributed by atoms with van der Waals surface area (Å²) in [6.07, 6.45) is 6.39. The summed E-state index contributed by atoms with van der Waals surface area (Å²) in [4.78, 5) is 0. The maximum absolute atomic E-state index is 5.59. The largest absolute Gasteiger partial charge is 0.404 e. The Balaban J connectivity index is 3.60. The summed E-state index contributed by atoms with van der Waals surface area (Å²) in [5.41, 5.74) is 11.9. The normalized spacial score (nSPS) is 15.7. The quantitative estimate of drug-likeness (QED) is 0.404. The van der Waals surface area contributed by atoms with Crippen LogP contribution in [0.4, 0.5) is 0 Å².